The second-order valence-corrected chi connectivity index (χ2v) is 6.36. The molecule has 4 heteroatoms. The fourth-order valence-electron chi connectivity index (χ4n) is 3.23. The van der Waals surface area contributed by atoms with E-state index in [0.29, 0.717) is 12.1 Å². The maximum atomic E-state index is 11.2. The van der Waals surface area contributed by atoms with Crippen molar-refractivity contribution >= 4 is 5.97 Å². The van der Waals surface area contributed by atoms with E-state index in [-0.39, 0.29) is 5.92 Å². The number of nitrogens with one attached hydrogen (secondary N) is 1. The fourth-order valence-corrected chi connectivity index (χ4v) is 3.23. The van der Waals surface area contributed by atoms with Crippen molar-refractivity contribution in [2.45, 2.75) is 50.6 Å². The Morgan fingerprint density at radius 3 is 2.56 bits per heavy atom. The molecule has 0 aromatic rings. The Hall–Kier alpha value is -0.610. The number of likely N-dealkylation sites (tertiary alicyclic amines) is 1. The summed E-state index contributed by atoms with van der Waals surface area (Å²) in [5.74, 6) is 0.0682. The highest BCUT2D eigenvalue weighted by Gasteiger charge is 2.38. The van der Waals surface area contributed by atoms with E-state index in [4.69, 9.17) is 0 Å². The molecule has 102 valence electrons. The highest BCUT2D eigenvalue weighted by Crippen LogP contribution is 2.31. The van der Waals surface area contributed by atoms with Gasteiger partial charge in [-0.2, -0.15) is 0 Å². The molecule has 1 saturated heterocycles. The molecule has 3 fully saturated rings. The number of hydrogen-bond acceptors (Lipinski definition) is 3. The van der Waals surface area contributed by atoms with Crippen LogP contribution in [0.5, 0.6) is 0 Å². The molecule has 0 aromatic heterocycles. The quantitative estimate of drug-likeness (QED) is 0.775. The molecular formula is C14H24N2O2. The molecule has 2 N–H and O–H groups in total. The van der Waals surface area contributed by atoms with E-state index in [0.717, 1.165) is 32.0 Å². The lowest BCUT2D eigenvalue weighted by atomic mass is 9.85. The Kier molecular flexibility index (Phi) is 3.57. The van der Waals surface area contributed by atoms with Crippen LogP contribution >= 0.6 is 0 Å². The number of carboxylic acids is 1. The predicted molar refractivity (Wildman–Crippen MR) is 69.5 cm³/mol. The van der Waals surface area contributed by atoms with Gasteiger partial charge in [0, 0.05) is 25.2 Å². The zero-order valence-electron chi connectivity index (χ0n) is 11.0. The molecule has 2 unspecified atom stereocenters. The number of hydrogen-bond donors (Lipinski definition) is 2. The number of nitrogens with zero attached hydrogens (tertiary/aromatic N) is 1. The summed E-state index contributed by atoms with van der Waals surface area (Å²) in [6, 6.07) is 1.07. The molecule has 0 spiro atoms. The summed E-state index contributed by atoms with van der Waals surface area (Å²) in [6.07, 6.45) is 7.43. The van der Waals surface area contributed by atoms with Crippen LogP contribution in [0.1, 0.15) is 38.5 Å². The Labute approximate surface area is 109 Å². The first-order valence-electron chi connectivity index (χ1n) is 7.42. The maximum Gasteiger partial charge on any atom is 0.307 e. The van der Waals surface area contributed by atoms with Gasteiger partial charge in [0.2, 0.25) is 0 Å². The summed E-state index contributed by atoms with van der Waals surface area (Å²) in [5.41, 5.74) is 0. The molecular weight excluding hydrogens is 228 g/mol. The smallest absolute Gasteiger partial charge is 0.307 e. The van der Waals surface area contributed by atoms with Crippen LogP contribution in [-0.2, 0) is 4.79 Å². The highest BCUT2D eigenvalue weighted by molar-refractivity contribution is 5.70. The third-order valence-electron chi connectivity index (χ3n) is 4.81. The zero-order valence-corrected chi connectivity index (χ0v) is 11.0. The van der Waals surface area contributed by atoms with E-state index in [9.17, 15) is 9.90 Å². The first-order valence-corrected chi connectivity index (χ1v) is 7.42. The number of piperidine rings is 1. The summed E-state index contributed by atoms with van der Waals surface area (Å²) in [4.78, 5) is 13.6. The van der Waals surface area contributed by atoms with E-state index in [1.54, 1.807) is 0 Å². The van der Waals surface area contributed by atoms with Gasteiger partial charge in [-0.3, -0.25) is 9.69 Å². The first-order chi connectivity index (χ1) is 8.72. The summed E-state index contributed by atoms with van der Waals surface area (Å²) >= 11 is 0. The minimum atomic E-state index is -0.615. The van der Waals surface area contributed by atoms with Crippen molar-refractivity contribution in [2.75, 3.05) is 19.6 Å². The van der Waals surface area contributed by atoms with Crippen molar-refractivity contribution in [2.24, 2.45) is 11.8 Å². The lowest BCUT2D eigenvalue weighted by molar-refractivity contribution is -0.144. The van der Waals surface area contributed by atoms with Crippen molar-refractivity contribution in [1.29, 1.82) is 0 Å². The van der Waals surface area contributed by atoms with E-state index in [1.165, 1.54) is 32.1 Å². The molecule has 3 rings (SSSR count). The fraction of sp³-hybridized carbons (Fsp3) is 0.929. The average molecular weight is 252 g/mol. The monoisotopic (exact) mass is 252 g/mol. The van der Waals surface area contributed by atoms with Crippen molar-refractivity contribution in [3.63, 3.8) is 0 Å². The predicted octanol–water partition coefficient (Wildman–Crippen LogP) is 1.31. The summed E-state index contributed by atoms with van der Waals surface area (Å²) < 4.78 is 0. The number of carboxylic acid groups (broad SMARTS) is 1. The second-order valence-electron chi connectivity index (χ2n) is 6.36. The van der Waals surface area contributed by atoms with Gasteiger partial charge < -0.3 is 10.4 Å². The van der Waals surface area contributed by atoms with Crippen LogP contribution in [0.25, 0.3) is 0 Å². The van der Waals surface area contributed by atoms with Crippen LogP contribution in [0.3, 0.4) is 0 Å². The number of aliphatic carboxylic acids is 1. The van der Waals surface area contributed by atoms with Gasteiger partial charge in [0.1, 0.15) is 0 Å². The Morgan fingerprint density at radius 2 is 2.00 bits per heavy atom. The van der Waals surface area contributed by atoms with Crippen LogP contribution in [0.4, 0.5) is 0 Å². The van der Waals surface area contributed by atoms with Gasteiger partial charge in [-0.1, -0.05) is 6.42 Å². The minimum absolute atomic E-state index is 0.168. The summed E-state index contributed by atoms with van der Waals surface area (Å²) in [7, 11) is 0. The molecule has 0 aromatic carbocycles. The zero-order chi connectivity index (χ0) is 12.5. The van der Waals surface area contributed by atoms with Crippen molar-refractivity contribution in [3.05, 3.63) is 0 Å². The lowest BCUT2D eigenvalue weighted by Crippen LogP contribution is -2.52. The SMILES string of the molecule is O=C(O)C1CC(NCC2CCC2)CN(C2CC2)C1. The van der Waals surface area contributed by atoms with Gasteiger partial charge in [0.05, 0.1) is 5.92 Å². The normalized spacial score (nSPS) is 34.2. The highest BCUT2D eigenvalue weighted by atomic mass is 16.4. The molecule has 1 aliphatic heterocycles. The molecule has 18 heavy (non-hydrogen) atoms. The van der Waals surface area contributed by atoms with Crippen molar-refractivity contribution in [3.8, 4) is 0 Å². The third-order valence-corrected chi connectivity index (χ3v) is 4.81. The Bertz CT molecular complexity index is 313. The van der Waals surface area contributed by atoms with Gasteiger partial charge in [-0.25, -0.2) is 0 Å². The van der Waals surface area contributed by atoms with Crippen LogP contribution in [0, 0.1) is 11.8 Å². The number of rotatable bonds is 5. The summed E-state index contributed by atoms with van der Waals surface area (Å²) in [5, 5.41) is 12.9. The third kappa shape index (κ3) is 2.86. The van der Waals surface area contributed by atoms with Gasteiger partial charge in [-0.05, 0) is 44.6 Å². The van der Waals surface area contributed by atoms with Gasteiger partial charge in [-0.15, -0.1) is 0 Å². The van der Waals surface area contributed by atoms with E-state index < -0.39 is 5.97 Å². The second kappa shape index (κ2) is 5.17. The molecule has 4 nitrogen and oxygen atoms in total. The van der Waals surface area contributed by atoms with Crippen molar-refractivity contribution < 1.29 is 9.90 Å². The molecule has 3 aliphatic rings. The van der Waals surface area contributed by atoms with Crippen LogP contribution in [0.15, 0.2) is 0 Å². The van der Waals surface area contributed by atoms with Crippen LogP contribution < -0.4 is 5.32 Å². The van der Waals surface area contributed by atoms with Crippen molar-refractivity contribution in [1.82, 2.24) is 10.2 Å². The number of carbonyl (C=O) groups is 1. The first kappa shape index (κ1) is 12.4. The molecule has 2 atom stereocenters. The van der Waals surface area contributed by atoms with E-state index in [1.807, 2.05) is 0 Å². The van der Waals surface area contributed by atoms with Gasteiger partial charge in [0.25, 0.3) is 0 Å². The average Bonchev–Trinajstić information content (AvgIpc) is 3.10. The van der Waals surface area contributed by atoms with Gasteiger partial charge in [0.15, 0.2) is 0 Å². The molecule has 2 aliphatic carbocycles. The summed E-state index contributed by atoms with van der Waals surface area (Å²) in [6.45, 7) is 2.91. The van der Waals surface area contributed by atoms with Gasteiger partial charge >= 0.3 is 5.97 Å². The Morgan fingerprint density at radius 1 is 1.22 bits per heavy atom. The molecule has 0 radical (unpaired) electrons. The molecule has 0 amide bonds. The van der Waals surface area contributed by atoms with E-state index >= 15 is 0 Å². The lowest BCUT2D eigenvalue weighted by Gasteiger charge is -2.38. The molecule has 0 bridgehead atoms. The largest absolute Gasteiger partial charge is 0.481 e. The van der Waals surface area contributed by atoms with Crippen LogP contribution in [-0.4, -0.2) is 47.7 Å². The van der Waals surface area contributed by atoms with E-state index in [2.05, 4.69) is 10.2 Å². The standard InChI is InChI=1S/C14H24N2O2/c17-14(18)11-6-12(15-7-10-2-1-3-10)9-16(8-11)13-4-5-13/h10-13,15H,1-9H2,(H,17,18). The maximum absolute atomic E-state index is 11.2. The molecule has 1 heterocycles. The topological polar surface area (TPSA) is 52.6 Å². The molecule has 2 saturated carbocycles. The minimum Gasteiger partial charge on any atom is -0.481 e. The Balaban J connectivity index is 1.52. The van der Waals surface area contributed by atoms with Crippen LogP contribution in [0.2, 0.25) is 0 Å².